The Morgan fingerprint density at radius 1 is 1.29 bits per heavy atom. The Morgan fingerprint density at radius 3 is 2.71 bits per heavy atom. The topological polar surface area (TPSA) is 37.4 Å². The second-order valence-corrected chi connectivity index (χ2v) is 6.71. The number of hydrogen-bond acceptors (Lipinski definition) is 3. The van der Waals surface area contributed by atoms with Crippen LogP contribution in [0.1, 0.15) is 38.7 Å². The molecule has 24 heavy (non-hydrogen) atoms. The highest BCUT2D eigenvalue weighted by atomic mass is 32.2. The maximum Gasteiger partial charge on any atom is 0.223 e. The van der Waals surface area contributed by atoms with Gasteiger partial charge in [-0.2, -0.15) is 0 Å². The first-order valence-corrected chi connectivity index (χ1v) is 9.16. The molecule has 0 fully saturated rings. The van der Waals surface area contributed by atoms with Crippen molar-refractivity contribution in [2.24, 2.45) is 0 Å². The third-order valence-electron chi connectivity index (χ3n) is 3.40. The number of hydrogen-bond donors (Lipinski definition) is 0. The highest BCUT2D eigenvalue weighted by Crippen LogP contribution is 2.23. The maximum atomic E-state index is 12.2. The number of benzene rings is 1. The van der Waals surface area contributed by atoms with Crippen LogP contribution < -0.4 is 0 Å². The van der Waals surface area contributed by atoms with Gasteiger partial charge in [0.2, 0.25) is 5.91 Å². The zero-order valence-corrected chi connectivity index (χ0v) is 15.3. The van der Waals surface area contributed by atoms with E-state index in [1.807, 2.05) is 24.3 Å². The van der Waals surface area contributed by atoms with E-state index in [-0.39, 0.29) is 18.2 Å². The average Bonchev–Trinajstić information content (AvgIpc) is 2.55. The molecule has 1 amide bonds. The molecule has 0 aliphatic rings. The van der Waals surface area contributed by atoms with Crippen molar-refractivity contribution < 1.29 is 9.59 Å². The SMILES string of the molecule is C#CCN(C/C=C/c1ccccc1SCC)C(=O)CCCC(C)=O. The summed E-state index contributed by atoms with van der Waals surface area (Å²) in [7, 11) is 0. The number of rotatable bonds is 10. The summed E-state index contributed by atoms with van der Waals surface area (Å²) < 4.78 is 0. The third kappa shape index (κ3) is 7.52. The van der Waals surface area contributed by atoms with Crippen molar-refractivity contribution >= 4 is 29.5 Å². The van der Waals surface area contributed by atoms with Crippen LogP contribution in [-0.2, 0) is 9.59 Å². The average molecular weight is 343 g/mol. The van der Waals surface area contributed by atoms with Crippen molar-refractivity contribution in [3.8, 4) is 12.3 Å². The Morgan fingerprint density at radius 2 is 2.04 bits per heavy atom. The summed E-state index contributed by atoms with van der Waals surface area (Å²) in [5, 5.41) is 0. The summed E-state index contributed by atoms with van der Waals surface area (Å²) >= 11 is 1.80. The molecule has 3 nitrogen and oxygen atoms in total. The summed E-state index contributed by atoms with van der Waals surface area (Å²) in [5.41, 5.74) is 1.15. The Balaban J connectivity index is 2.64. The molecule has 0 saturated heterocycles. The highest BCUT2D eigenvalue weighted by Gasteiger charge is 2.11. The van der Waals surface area contributed by atoms with Gasteiger partial charge in [-0.3, -0.25) is 4.79 Å². The van der Waals surface area contributed by atoms with E-state index in [9.17, 15) is 9.59 Å². The van der Waals surface area contributed by atoms with E-state index in [1.54, 1.807) is 16.7 Å². The minimum absolute atomic E-state index is 0.00457. The third-order valence-corrected chi connectivity index (χ3v) is 4.37. The Hall–Kier alpha value is -1.99. The fourth-order valence-electron chi connectivity index (χ4n) is 2.22. The van der Waals surface area contributed by atoms with Gasteiger partial charge >= 0.3 is 0 Å². The number of terminal acetylenes is 1. The lowest BCUT2D eigenvalue weighted by Gasteiger charge is -2.18. The summed E-state index contributed by atoms with van der Waals surface area (Å²) in [6.07, 6.45) is 10.7. The van der Waals surface area contributed by atoms with E-state index in [2.05, 4.69) is 25.0 Å². The van der Waals surface area contributed by atoms with Crippen molar-refractivity contribution in [2.75, 3.05) is 18.8 Å². The molecule has 128 valence electrons. The molecule has 1 aromatic carbocycles. The van der Waals surface area contributed by atoms with Crippen molar-refractivity contribution in [3.05, 3.63) is 35.9 Å². The van der Waals surface area contributed by atoms with E-state index in [0.717, 1.165) is 11.3 Å². The van der Waals surface area contributed by atoms with E-state index < -0.39 is 0 Å². The van der Waals surface area contributed by atoms with Gasteiger partial charge in [-0.15, -0.1) is 18.2 Å². The van der Waals surface area contributed by atoms with E-state index in [1.165, 1.54) is 11.8 Å². The summed E-state index contributed by atoms with van der Waals surface area (Å²) in [6.45, 7) is 4.43. The molecule has 0 saturated carbocycles. The smallest absolute Gasteiger partial charge is 0.223 e. The standard InChI is InChI=1S/C20H25NO2S/c1-4-15-21(20(23)14-8-10-17(3)22)16-9-12-18-11-6-7-13-19(18)24-5-2/h1,6-7,9,11-13H,5,8,10,14-16H2,2-3H3/b12-9+. The zero-order valence-electron chi connectivity index (χ0n) is 14.5. The first-order valence-electron chi connectivity index (χ1n) is 8.17. The van der Waals surface area contributed by atoms with Crippen LogP contribution in [0.15, 0.2) is 35.2 Å². The number of carbonyl (C=O) groups excluding carboxylic acids is 2. The Labute approximate surface area is 149 Å². The van der Waals surface area contributed by atoms with Crippen LogP contribution in [0.25, 0.3) is 6.08 Å². The molecule has 0 unspecified atom stereocenters. The molecule has 0 radical (unpaired) electrons. The van der Waals surface area contributed by atoms with Crippen LogP contribution in [0.4, 0.5) is 0 Å². The normalized spacial score (nSPS) is 10.5. The highest BCUT2D eigenvalue weighted by molar-refractivity contribution is 7.99. The molecular weight excluding hydrogens is 318 g/mol. The van der Waals surface area contributed by atoms with E-state index in [4.69, 9.17) is 6.42 Å². The molecule has 1 rings (SSSR count). The maximum absolute atomic E-state index is 12.2. The van der Waals surface area contributed by atoms with Gasteiger partial charge in [0.15, 0.2) is 0 Å². The summed E-state index contributed by atoms with van der Waals surface area (Å²) in [6, 6.07) is 8.19. The molecule has 0 aliphatic carbocycles. The molecule has 0 heterocycles. The molecule has 0 bridgehead atoms. The molecule has 0 aliphatic heterocycles. The number of Topliss-reactive ketones (excluding diaryl/α,β-unsaturated/α-hetero) is 1. The van der Waals surface area contributed by atoms with Gasteiger partial charge in [0, 0.05) is 24.3 Å². The Kier molecular flexibility index (Phi) is 9.64. The van der Waals surface area contributed by atoms with Crippen LogP contribution in [-0.4, -0.2) is 35.4 Å². The van der Waals surface area contributed by atoms with Crippen molar-refractivity contribution in [3.63, 3.8) is 0 Å². The van der Waals surface area contributed by atoms with Crippen molar-refractivity contribution in [1.82, 2.24) is 4.90 Å². The number of ketones is 1. The fourth-order valence-corrected chi connectivity index (χ4v) is 3.01. The van der Waals surface area contributed by atoms with Gasteiger partial charge in [0.05, 0.1) is 6.54 Å². The zero-order chi connectivity index (χ0) is 17.8. The van der Waals surface area contributed by atoms with Crippen molar-refractivity contribution in [1.29, 1.82) is 0 Å². The molecule has 0 spiro atoms. The molecule has 0 aromatic heterocycles. The van der Waals surface area contributed by atoms with Crippen molar-refractivity contribution in [2.45, 2.75) is 38.0 Å². The molecule has 0 N–H and O–H groups in total. The van der Waals surface area contributed by atoms with Crippen LogP contribution in [0.2, 0.25) is 0 Å². The number of nitrogens with zero attached hydrogens (tertiary/aromatic N) is 1. The predicted octanol–water partition coefficient (Wildman–Crippen LogP) is 4.03. The lowest BCUT2D eigenvalue weighted by atomic mass is 10.1. The van der Waals surface area contributed by atoms with Crippen LogP contribution in [0, 0.1) is 12.3 Å². The van der Waals surface area contributed by atoms with Crippen LogP contribution in [0.3, 0.4) is 0 Å². The number of thioether (sulfide) groups is 1. The molecular formula is C20H25NO2S. The van der Waals surface area contributed by atoms with Gasteiger partial charge in [0.1, 0.15) is 5.78 Å². The van der Waals surface area contributed by atoms with Gasteiger partial charge in [-0.25, -0.2) is 0 Å². The molecule has 1 aromatic rings. The predicted molar refractivity (Wildman–Crippen MR) is 102 cm³/mol. The van der Waals surface area contributed by atoms with Gasteiger partial charge < -0.3 is 9.69 Å². The van der Waals surface area contributed by atoms with Gasteiger partial charge in [0.25, 0.3) is 0 Å². The lowest BCUT2D eigenvalue weighted by molar-refractivity contribution is -0.130. The van der Waals surface area contributed by atoms with Crippen LogP contribution >= 0.6 is 11.8 Å². The number of amides is 1. The summed E-state index contributed by atoms with van der Waals surface area (Å²) in [4.78, 5) is 26.0. The lowest BCUT2D eigenvalue weighted by Crippen LogP contribution is -2.31. The van der Waals surface area contributed by atoms with Gasteiger partial charge in [-0.05, 0) is 30.7 Å². The second-order valence-electron chi connectivity index (χ2n) is 5.41. The van der Waals surface area contributed by atoms with Gasteiger partial charge in [-0.1, -0.05) is 43.2 Å². The monoisotopic (exact) mass is 343 g/mol. The van der Waals surface area contributed by atoms with E-state index >= 15 is 0 Å². The second kappa shape index (κ2) is 11.5. The minimum atomic E-state index is -0.00457. The minimum Gasteiger partial charge on any atom is -0.328 e. The number of carbonyl (C=O) groups is 2. The van der Waals surface area contributed by atoms with E-state index in [0.29, 0.717) is 25.8 Å². The molecule has 4 heteroatoms. The first kappa shape index (κ1) is 20.1. The Bertz CT molecular complexity index is 616. The quantitative estimate of drug-likeness (QED) is 0.475. The first-order chi connectivity index (χ1) is 11.6. The fraction of sp³-hybridized carbons (Fsp3) is 0.400. The van der Waals surface area contributed by atoms with Crippen LogP contribution in [0.5, 0.6) is 0 Å². The summed E-state index contributed by atoms with van der Waals surface area (Å²) in [5.74, 6) is 3.65. The largest absolute Gasteiger partial charge is 0.328 e. The molecule has 0 atom stereocenters.